The Balaban J connectivity index is 0.00000128. The van der Waals surface area contributed by atoms with Gasteiger partial charge < -0.3 is 0 Å². The first-order valence-corrected chi connectivity index (χ1v) is 16.2. The van der Waals surface area contributed by atoms with Gasteiger partial charge >= 0.3 is 177 Å². The molecular weight excluding hydrogens is 574 g/mol. The van der Waals surface area contributed by atoms with Crippen molar-refractivity contribution in [3.05, 3.63) is 117 Å². The standard InChI is InChI=1S/C13H10.C9H11.C5H5.2ClH.Hf/c1-3-7-12(8-4-1)11-13-9-5-2-6-10-13;1-2-5-9-7-3-6-8(9)4-1;1-2-4-5-3-1;;;/h1-10H;3,6-7H,1-2,4-5H2;1-3H,4H2;2*1H;. The van der Waals surface area contributed by atoms with Crippen molar-refractivity contribution in [2.45, 2.75) is 35.8 Å². The summed E-state index contributed by atoms with van der Waals surface area (Å²) in [6.45, 7) is 0. The molecule has 0 radical (unpaired) electrons. The molecule has 0 fully saturated rings. The Hall–Kier alpha value is -1.28. The quantitative estimate of drug-likeness (QED) is 0.314. The zero-order chi connectivity index (χ0) is 18.8. The van der Waals surface area contributed by atoms with Crippen LogP contribution in [0, 0.1) is 0 Å². The van der Waals surface area contributed by atoms with Crippen molar-refractivity contribution >= 4 is 28.1 Å². The van der Waals surface area contributed by atoms with Crippen molar-refractivity contribution in [3.8, 4) is 0 Å². The minimum Gasteiger partial charge on any atom is -0.147 e. The van der Waals surface area contributed by atoms with Gasteiger partial charge in [0, 0.05) is 0 Å². The third-order valence-corrected chi connectivity index (χ3v) is 18.2. The molecule has 0 aliphatic heterocycles. The average Bonchev–Trinajstić information content (AvgIpc) is 3.44. The third kappa shape index (κ3) is 4.64. The molecule has 0 heterocycles. The van der Waals surface area contributed by atoms with Crippen LogP contribution in [0.1, 0.15) is 43.2 Å². The zero-order valence-corrected chi connectivity index (χ0v) is 22.3. The van der Waals surface area contributed by atoms with Crippen molar-refractivity contribution in [1.82, 2.24) is 0 Å². The van der Waals surface area contributed by atoms with Crippen LogP contribution in [0.5, 0.6) is 0 Å². The molecule has 0 N–H and O–H groups in total. The van der Waals surface area contributed by atoms with E-state index in [1.165, 1.54) is 36.8 Å². The number of allylic oxidation sites excluding steroid dienone is 8. The molecule has 2 aromatic rings. The summed E-state index contributed by atoms with van der Waals surface area (Å²) >= 11 is -2.41. The number of hydrogen-bond donors (Lipinski definition) is 0. The molecule has 0 saturated heterocycles. The Bertz CT molecular complexity index is 986. The van der Waals surface area contributed by atoms with Crippen LogP contribution in [-0.2, 0) is 21.0 Å². The molecule has 3 heteroatoms. The summed E-state index contributed by atoms with van der Waals surface area (Å²) in [5, 5.41) is 0. The molecule has 1 unspecified atom stereocenters. The predicted molar refractivity (Wildman–Crippen MR) is 131 cm³/mol. The van der Waals surface area contributed by atoms with Crippen molar-refractivity contribution in [2.75, 3.05) is 0 Å². The number of benzene rings is 2. The van der Waals surface area contributed by atoms with Gasteiger partial charge in [-0.1, -0.05) is 0 Å². The molecule has 0 nitrogen and oxygen atoms in total. The van der Waals surface area contributed by atoms with Crippen LogP contribution in [0.2, 0.25) is 3.67 Å². The van der Waals surface area contributed by atoms with E-state index in [4.69, 9.17) is 0 Å². The molecule has 1 atom stereocenters. The molecule has 2 aromatic carbocycles. The van der Waals surface area contributed by atoms with Gasteiger partial charge in [-0.15, -0.1) is 24.8 Å². The molecule has 0 saturated carbocycles. The van der Waals surface area contributed by atoms with Crippen LogP contribution in [0.4, 0.5) is 0 Å². The van der Waals surface area contributed by atoms with Gasteiger partial charge in [0.05, 0.1) is 0 Å². The van der Waals surface area contributed by atoms with Gasteiger partial charge in [-0.2, -0.15) is 0 Å². The second-order valence-corrected chi connectivity index (χ2v) is 17.3. The smallest absolute Gasteiger partial charge is 0.147 e. The number of rotatable bonds is 4. The monoisotopic (exact) mass is 602 g/mol. The largest absolute Gasteiger partial charge is 0.147 e. The molecule has 0 amide bonds. The molecule has 5 rings (SSSR count). The van der Waals surface area contributed by atoms with Crippen molar-refractivity contribution in [2.24, 2.45) is 0 Å². The minimum atomic E-state index is -2.41. The van der Waals surface area contributed by atoms with E-state index in [2.05, 4.69) is 91.0 Å². The minimum absolute atomic E-state index is 0. The van der Waals surface area contributed by atoms with E-state index in [1.54, 1.807) is 17.7 Å². The first-order valence-electron chi connectivity index (χ1n) is 10.5. The van der Waals surface area contributed by atoms with Gasteiger partial charge in [0.25, 0.3) is 0 Å². The first-order chi connectivity index (χ1) is 13.9. The maximum atomic E-state index is 2.60. The SMILES string of the molecule is C1=CC[C]([Hf](=[C](c2ccccc2)c2ccccc2)[CH]2C=CC3=C2CCCC3)=C1.Cl.Cl. The summed E-state index contributed by atoms with van der Waals surface area (Å²) in [5.41, 5.74) is 6.36. The van der Waals surface area contributed by atoms with Gasteiger partial charge in [0.15, 0.2) is 0 Å². The number of halogens is 2. The van der Waals surface area contributed by atoms with E-state index in [-0.39, 0.29) is 24.8 Å². The van der Waals surface area contributed by atoms with Crippen LogP contribution >= 0.6 is 24.8 Å². The van der Waals surface area contributed by atoms with Gasteiger partial charge in [-0.05, 0) is 0 Å². The molecule has 0 spiro atoms. The first kappa shape index (κ1) is 23.4. The fraction of sp³-hybridized carbons (Fsp3) is 0.222. The Morgan fingerprint density at radius 3 is 2.03 bits per heavy atom. The van der Waals surface area contributed by atoms with Gasteiger partial charge in [-0.25, -0.2) is 0 Å². The summed E-state index contributed by atoms with van der Waals surface area (Å²) in [5.74, 6) is 0. The Morgan fingerprint density at radius 2 is 1.43 bits per heavy atom. The topological polar surface area (TPSA) is 0 Å². The van der Waals surface area contributed by atoms with Crippen molar-refractivity contribution in [3.63, 3.8) is 0 Å². The van der Waals surface area contributed by atoms with Crippen LogP contribution in [0.3, 0.4) is 0 Å². The molecular formula is C27H28Cl2Hf. The summed E-state index contributed by atoms with van der Waals surface area (Å²) in [6.07, 6.45) is 18.7. The van der Waals surface area contributed by atoms with E-state index in [0.717, 1.165) is 6.42 Å². The third-order valence-electron chi connectivity index (χ3n) is 6.24. The van der Waals surface area contributed by atoms with E-state index in [1.807, 2.05) is 0 Å². The van der Waals surface area contributed by atoms with E-state index >= 15 is 0 Å². The van der Waals surface area contributed by atoms with Crippen LogP contribution in [0.15, 0.2) is 106 Å². The molecule has 0 bridgehead atoms. The summed E-state index contributed by atoms with van der Waals surface area (Å²) in [6, 6.07) is 22.5. The van der Waals surface area contributed by atoms with Crippen LogP contribution < -0.4 is 0 Å². The Morgan fingerprint density at radius 1 is 0.800 bits per heavy atom. The molecule has 3 aliphatic rings. The summed E-state index contributed by atoms with van der Waals surface area (Å²) < 4.78 is 4.17. The second kappa shape index (κ2) is 10.8. The van der Waals surface area contributed by atoms with E-state index in [0.29, 0.717) is 3.67 Å². The zero-order valence-electron chi connectivity index (χ0n) is 17.1. The Kier molecular flexibility index (Phi) is 8.45. The maximum Gasteiger partial charge on any atom is -0.147 e. The Labute approximate surface area is 200 Å². The fourth-order valence-corrected chi connectivity index (χ4v) is 17.8. The van der Waals surface area contributed by atoms with Crippen LogP contribution in [0.25, 0.3) is 0 Å². The van der Waals surface area contributed by atoms with Gasteiger partial charge in [-0.3, -0.25) is 0 Å². The van der Waals surface area contributed by atoms with Gasteiger partial charge in [0.1, 0.15) is 0 Å². The predicted octanol–water partition coefficient (Wildman–Crippen LogP) is 7.79. The van der Waals surface area contributed by atoms with E-state index < -0.39 is 21.0 Å². The number of hydrogen-bond acceptors (Lipinski definition) is 0. The normalized spacial score (nSPS) is 18.9. The average molecular weight is 602 g/mol. The summed E-state index contributed by atoms with van der Waals surface area (Å²) in [4.78, 5) is 0. The summed E-state index contributed by atoms with van der Waals surface area (Å²) in [7, 11) is 0. The van der Waals surface area contributed by atoms with Crippen molar-refractivity contribution in [1.29, 1.82) is 0 Å². The van der Waals surface area contributed by atoms with Crippen molar-refractivity contribution < 1.29 is 21.0 Å². The van der Waals surface area contributed by atoms with E-state index in [9.17, 15) is 0 Å². The van der Waals surface area contributed by atoms with Gasteiger partial charge in [0.2, 0.25) is 0 Å². The molecule has 30 heavy (non-hydrogen) atoms. The van der Waals surface area contributed by atoms with Crippen LogP contribution in [-0.4, -0.2) is 3.26 Å². The maximum absolute atomic E-state index is 2.60. The molecule has 154 valence electrons. The molecule has 0 aromatic heterocycles. The fourth-order valence-electron chi connectivity index (χ4n) is 4.95. The second-order valence-electron chi connectivity index (χ2n) is 7.94. The molecule has 3 aliphatic carbocycles.